The first-order valence-corrected chi connectivity index (χ1v) is 12.9. The van der Waals surface area contributed by atoms with Gasteiger partial charge in [0.05, 0.1) is 11.7 Å². The van der Waals surface area contributed by atoms with Crippen molar-refractivity contribution < 1.29 is 4.74 Å². The van der Waals surface area contributed by atoms with Gasteiger partial charge in [0.15, 0.2) is 0 Å². The van der Waals surface area contributed by atoms with Crippen molar-refractivity contribution in [2.75, 3.05) is 0 Å². The first-order chi connectivity index (χ1) is 14.6. The Bertz CT molecular complexity index is 627. The molecule has 1 heteroatoms. The fourth-order valence-corrected chi connectivity index (χ4v) is 4.05. The quantitative estimate of drug-likeness (QED) is 0.135. The van der Waals surface area contributed by atoms with Crippen molar-refractivity contribution in [3.63, 3.8) is 0 Å². The number of allylic oxidation sites excluding steroid dienone is 8. The Morgan fingerprint density at radius 2 is 1.13 bits per heavy atom. The molecule has 0 aromatic heterocycles. The van der Waals surface area contributed by atoms with Gasteiger partial charge in [0.2, 0.25) is 0 Å². The lowest BCUT2D eigenvalue weighted by atomic mass is 10.0. The Morgan fingerprint density at radius 3 is 1.58 bits per heavy atom. The summed E-state index contributed by atoms with van der Waals surface area (Å²) in [4.78, 5) is 0. The topological polar surface area (TPSA) is 12.5 Å². The van der Waals surface area contributed by atoms with Crippen molar-refractivity contribution in [2.45, 2.75) is 138 Å². The van der Waals surface area contributed by atoms with Gasteiger partial charge in [-0.2, -0.15) is 0 Å². The maximum absolute atomic E-state index is 5.68. The Kier molecular flexibility index (Phi) is 13.4. The van der Waals surface area contributed by atoms with Crippen molar-refractivity contribution in [3.05, 3.63) is 46.6 Å². The molecule has 0 aliphatic carbocycles. The summed E-state index contributed by atoms with van der Waals surface area (Å²) in [5, 5.41) is 0. The third-order valence-electron chi connectivity index (χ3n) is 6.53. The molecule has 1 atom stereocenters. The standard InChI is InChI=1S/C30H52O/c1-24(2)14-11-17-27(5)20-12-18-25(3)15-9-10-16-26(4)19-13-21-28(6)22-23-29-30(7,8)31-29/h15-16,20-21,24,29H,9-14,17-19,22-23H2,1-8H3/b25-15+,26-16+,27-20+,28-21+/t29-/m0/s1. The van der Waals surface area contributed by atoms with Crippen LogP contribution in [-0.4, -0.2) is 11.7 Å². The van der Waals surface area contributed by atoms with Gasteiger partial charge in [-0.1, -0.05) is 66.9 Å². The van der Waals surface area contributed by atoms with E-state index in [0.717, 1.165) is 5.92 Å². The largest absolute Gasteiger partial charge is 0.367 e. The van der Waals surface area contributed by atoms with Gasteiger partial charge >= 0.3 is 0 Å². The van der Waals surface area contributed by atoms with Crippen molar-refractivity contribution in [3.8, 4) is 0 Å². The molecule has 1 saturated heterocycles. The van der Waals surface area contributed by atoms with E-state index in [4.69, 9.17) is 4.74 Å². The molecule has 31 heavy (non-hydrogen) atoms. The van der Waals surface area contributed by atoms with Crippen LogP contribution in [0.5, 0.6) is 0 Å². The summed E-state index contributed by atoms with van der Waals surface area (Å²) in [6, 6.07) is 0. The van der Waals surface area contributed by atoms with E-state index >= 15 is 0 Å². The van der Waals surface area contributed by atoms with Crippen molar-refractivity contribution in [1.82, 2.24) is 0 Å². The molecule has 1 heterocycles. The summed E-state index contributed by atoms with van der Waals surface area (Å²) in [6.45, 7) is 18.2. The highest BCUT2D eigenvalue weighted by molar-refractivity contribution is 5.07. The lowest BCUT2D eigenvalue weighted by Gasteiger charge is -2.05. The molecular weight excluding hydrogens is 376 g/mol. The van der Waals surface area contributed by atoms with Gasteiger partial charge in [0, 0.05) is 0 Å². The maximum atomic E-state index is 5.68. The van der Waals surface area contributed by atoms with Crippen LogP contribution < -0.4 is 0 Å². The fraction of sp³-hybridized carbons (Fsp3) is 0.733. The first-order valence-electron chi connectivity index (χ1n) is 12.9. The molecule has 1 rings (SSSR count). The second-order valence-electron chi connectivity index (χ2n) is 10.9. The molecule has 0 aromatic rings. The number of rotatable bonds is 16. The monoisotopic (exact) mass is 428 g/mol. The molecule has 1 nitrogen and oxygen atoms in total. The van der Waals surface area contributed by atoms with Gasteiger partial charge < -0.3 is 4.74 Å². The second-order valence-corrected chi connectivity index (χ2v) is 10.9. The van der Waals surface area contributed by atoms with Crippen LogP contribution in [0.2, 0.25) is 0 Å². The highest BCUT2D eigenvalue weighted by Crippen LogP contribution is 2.38. The molecule has 0 aromatic carbocycles. The molecule has 0 amide bonds. The predicted octanol–water partition coefficient (Wildman–Crippen LogP) is 9.90. The predicted molar refractivity (Wildman–Crippen MR) is 140 cm³/mol. The molecule has 0 spiro atoms. The van der Waals surface area contributed by atoms with E-state index in [9.17, 15) is 0 Å². The number of ether oxygens (including phenoxy) is 1. The van der Waals surface area contributed by atoms with Gasteiger partial charge in [-0.25, -0.2) is 0 Å². The van der Waals surface area contributed by atoms with Gasteiger partial charge in [0.25, 0.3) is 0 Å². The van der Waals surface area contributed by atoms with E-state index in [1.807, 2.05) is 0 Å². The van der Waals surface area contributed by atoms with Crippen molar-refractivity contribution >= 4 is 0 Å². The van der Waals surface area contributed by atoms with Crippen LogP contribution in [0.3, 0.4) is 0 Å². The molecular formula is C30H52O. The molecule has 0 bridgehead atoms. The minimum atomic E-state index is 0.134. The van der Waals surface area contributed by atoms with Gasteiger partial charge in [0.1, 0.15) is 0 Å². The van der Waals surface area contributed by atoms with Gasteiger partial charge in [-0.15, -0.1) is 0 Å². The Labute approximate surface area is 195 Å². The Morgan fingerprint density at radius 1 is 0.710 bits per heavy atom. The minimum absolute atomic E-state index is 0.134. The number of epoxide rings is 1. The number of unbranched alkanes of at least 4 members (excludes halogenated alkanes) is 1. The summed E-state index contributed by atoms with van der Waals surface area (Å²) >= 11 is 0. The zero-order valence-corrected chi connectivity index (χ0v) is 22.2. The summed E-state index contributed by atoms with van der Waals surface area (Å²) in [5.74, 6) is 0.830. The number of hydrogen-bond donors (Lipinski definition) is 0. The van der Waals surface area contributed by atoms with Crippen LogP contribution in [0.15, 0.2) is 46.6 Å². The summed E-state index contributed by atoms with van der Waals surface area (Å²) in [5.41, 5.74) is 6.29. The average Bonchev–Trinajstić information content (AvgIpc) is 3.30. The van der Waals surface area contributed by atoms with Crippen LogP contribution >= 0.6 is 0 Å². The molecule has 0 radical (unpaired) electrons. The van der Waals surface area contributed by atoms with E-state index in [1.165, 1.54) is 81.8 Å². The molecule has 1 aliphatic rings. The third kappa shape index (κ3) is 14.6. The van der Waals surface area contributed by atoms with Crippen molar-refractivity contribution in [2.24, 2.45) is 5.92 Å². The highest BCUT2D eigenvalue weighted by atomic mass is 16.6. The smallest absolute Gasteiger partial charge is 0.0892 e. The van der Waals surface area contributed by atoms with Gasteiger partial charge in [-0.05, 0) is 112 Å². The van der Waals surface area contributed by atoms with Crippen LogP contribution in [0.4, 0.5) is 0 Å². The highest BCUT2D eigenvalue weighted by Gasteiger charge is 2.46. The van der Waals surface area contributed by atoms with E-state index in [0.29, 0.717) is 6.10 Å². The van der Waals surface area contributed by atoms with E-state index in [1.54, 1.807) is 11.1 Å². The third-order valence-corrected chi connectivity index (χ3v) is 6.53. The molecule has 1 fully saturated rings. The summed E-state index contributed by atoms with van der Waals surface area (Å²) in [7, 11) is 0. The van der Waals surface area contributed by atoms with Crippen LogP contribution in [-0.2, 0) is 4.74 Å². The molecule has 178 valence electrons. The van der Waals surface area contributed by atoms with Crippen molar-refractivity contribution in [1.29, 1.82) is 0 Å². The second kappa shape index (κ2) is 14.9. The zero-order valence-electron chi connectivity index (χ0n) is 22.2. The van der Waals surface area contributed by atoms with Gasteiger partial charge in [-0.3, -0.25) is 0 Å². The SMILES string of the molecule is C/C(=C\CC/C=C(\C)CC/C=C(\C)CC[C@@H]1OC1(C)C)CC/C=C(\C)CCCC(C)C. The molecule has 0 saturated carbocycles. The molecule has 1 aliphatic heterocycles. The van der Waals surface area contributed by atoms with E-state index in [-0.39, 0.29) is 5.60 Å². The van der Waals surface area contributed by atoms with E-state index in [2.05, 4.69) is 79.7 Å². The number of hydrogen-bond acceptors (Lipinski definition) is 1. The Balaban J connectivity index is 2.14. The first kappa shape index (κ1) is 28.0. The molecule has 0 N–H and O–H groups in total. The normalized spacial score (nSPS) is 20.0. The lowest BCUT2D eigenvalue weighted by Crippen LogP contribution is -2.02. The maximum Gasteiger partial charge on any atom is 0.0892 e. The van der Waals surface area contributed by atoms with Crippen LogP contribution in [0, 0.1) is 5.92 Å². The average molecular weight is 429 g/mol. The molecule has 0 unspecified atom stereocenters. The summed E-state index contributed by atoms with van der Waals surface area (Å²) in [6.07, 6.45) is 23.6. The van der Waals surface area contributed by atoms with Crippen LogP contribution in [0.25, 0.3) is 0 Å². The van der Waals surface area contributed by atoms with E-state index < -0.39 is 0 Å². The Hall–Kier alpha value is -1.08. The van der Waals surface area contributed by atoms with Crippen LogP contribution in [0.1, 0.15) is 126 Å². The fourth-order valence-electron chi connectivity index (χ4n) is 4.05. The lowest BCUT2D eigenvalue weighted by molar-refractivity contribution is 0.320. The summed E-state index contributed by atoms with van der Waals surface area (Å²) < 4.78 is 5.68. The minimum Gasteiger partial charge on any atom is -0.367 e. The zero-order chi connectivity index (χ0) is 23.3.